The number of nitrogens with zero attached hydrogens (tertiary/aromatic N) is 1. The summed E-state index contributed by atoms with van der Waals surface area (Å²) in [6.07, 6.45) is 0. The summed E-state index contributed by atoms with van der Waals surface area (Å²) in [5.74, 6) is -0.500. The van der Waals surface area contributed by atoms with Gasteiger partial charge in [-0.3, -0.25) is 4.98 Å². The van der Waals surface area contributed by atoms with E-state index < -0.39 is 5.76 Å². The number of aromatic amines is 1. The van der Waals surface area contributed by atoms with Crippen molar-refractivity contribution >= 4 is 16.7 Å². The fourth-order valence-electron chi connectivity index (χ4n) is 1.20. The molecule has 0 aliphatic rings. The van der Waals surface area contributed by atoms with Crippen LogP contribution in [0.2, 0.25) is 0 Å². The lowest BCUT2D eigenvalue weighted by Gasteiger charge is -1.94. The number of nitrogens with one attached hydrogen (secondary N) is 1. The highest BCUT2D eigenvalue weighted by Gasteiger charge is 2.03. The lowest BCUT2D eigenvalue weighted by molar-refractivity contribution is 0.555. The van der Waals surface area contributed by atoms with Crippen LogP contribution in [0.1, 0.15) is 5.56 Å². The number of allylic oxidation sites excluding steroid dienone is 1. The maximum absolute atomic E-state index is 10.8. The first-order valence-corrected chi connectivity index (χ1v) is 3.93. The fraction of sp³-hybridized carbons (Fsp3) is 0. The van der Waals surface area contributed by atoms with Crippen LogP contribution in [0.5, 0.6) is 0 Å². The Balaban J connectivity index is 2.68. The predicted molar refractivity (Wildman–Crippen MR) is 51.5 cm³/mol. The molecule has 0 atom stereocenters. The van der Waals surface area contributed by atoms with Gasteiger partial charge in [0.25, 0.3) is 0 Å². The number of hydrogen-bond acceptors (Lipinski definition) is 3. The van der Waals surface area contributed by atoms with Crippen molar-refractivity contribution in [1.82, 2.24) is 4.98 Å². The van der Waals surface area contributed by atoms with E-state index in [4.69, 9.17) is 9.68 Å². The van der Waals surface area contributed by atoms with E-state index in [1.807, 2.05) is 6.07 Å². The van der Waals surface area contributed by atoms with E-state index in [9.17, 15) is 4.79 Å². The van der Waals surface area contributed by atoms with Crippen LogP contribution in [-0.2, 0) is 0 Å². The lowest BCUT2D eigenvalue weighted by Crippen LogP contribution is -1.92. The summed E-state index contributed by atoms with van der Waals surface area (Å²) in [6, 6.07) is 6.92. The fourth-order valence-corrected chi connectivity index (χ4v) is 1.20. The highest BCUT2D eigenvalue weighted by atomic mass is 16.4. The van der Waals surface area contributed by atoms with Gasteiger partial charge in [0.05, 0.1) is 17.2 Å². The second kappa shape index (κ2) is 2.89. The van der Waals surface area contributed by atoms with Crippen LogP contribution in [-0.4, -0.2) is 4.98 Å². The maximum Gasteiger partial charge on any atom is 0.417 e. The quantitative estimate of drug-likeness (QED) is 0.688. The van der Waals surface area contributed by atoms with E-state index in [0.29, 0.717) is 22.2 Å². The number of H-pyrrole nitrogens is 1. The summed E-state index contributed by atoms with van der Waals surface area (Å²) in [6.45, 7) is 3.57. The second-order valence-corrected chi connectivity index (χ2v) is 2.82. The molecular formula is C10H6N2O2. The lowest BCUT2D eigenvalue weighted by atomic mass is 10.1. The van der Waals surface area contributed by atoms with Gasteiger partial charge in [-0.2, -0.15) is 5.26 Å². The molecule has 4 nitrogen and oxygen atoms in total. The molecule has 0 spiro atoms. The Morgan fingerprint density at radius 1 is 1.57 bits per heavy atom. The van der Waals surface area contributed by atoms with E-state index in [2.05, 4.69) is 11.6 Å². The Bertz CT molecular complexity index is 598. The first-order chi connectivity index (χ1) is 6.70. The molecule has 0 fully saturated rings. The molecular weight excluding hydrogens is 180 g/mol. The van der Waals surface area contributed by atoms with E-state index in [0.717, 1.165) is 0 Å². The molecule has 0 saturated heterocycles. The summed E-state index contributed by atoms with van der Waals surface area (Å²) >= 11 is 0. The van der Waals surface area contributed by atoms with Gasteiger partial charge in [0.15, 0.2) is 5.58 Å². The van der Waals surface area contributed by atoms with Crippen LogP contribution < -0.4 is 5.76 Å². The zero-order chi connectivity index (χ0) is 10.1. The van der Waals surface area contributed by atoms with Crippen LogP contribution in [0.4, 0.5) is 0 Å². The van der Waals surface area contributed by atoms with Crippen LogP contribution in [0.25, 0.3) is 16.7 Å². The van der Waals surface area contributed by atoms with Crippen molar-refractivity contribution in [3.8, 4) is 6.07 Å². The van der Waals surface area contributed by atoms with Gasteiger partial charge in [-0.1, -0.05) is 12.6 Å². The first-order valence-electron chi connectivity index (χ1n) is 3.93. The molecule has 1 aromatic heterocycles. The Kier molecular flexibility index (Phi) is 1.72. The zero-order valence-electron chi connectivity index (χ0n) is 7.20. The summed E-state index contributed by atoms with van der Waals surface area (Å²) in [4.78, 5) is 13.3. The van der Waals surface area contributed by atoms with E-state index in [-0.39, 0.29) is 0 Å². The number of fused-ring (bicyclic) bond motifs is 1. The Morgan fingerprint density at radius 2 is 2.36 bits per heavy atom. The van der Waals surface area contributed by atoms with Crippen molar-refractivity contribution in [2.75, 3.05) is 0 Å². The Hall–Kier alpha value is -2.28. The minimum absolute atomic E-state index is 0.343. The minimum atomic E-state index is -0.500. The number of nitriles is 1. The average molecular weight is 186 g/mol. The third-order valence-electron chi connectivity index (χ3n) is 1.90. The topological polar surface area (TPSA) is 69.8 Å². The molecule has 1 N–H and O–H groups in total. The molecule has 68 valence electrons. The number of hydrogen-bond donors (Lipinski definition) is 1. The van der Waals surface area contributed by atoms with Crippen molar-refractivity contribution in [2.24, 2.45) is 0 Å². The SMILES string of the molecule is C=C(C#N)c1ccc2[nH]c(=O)oc2c1. The third-order valence-corrected chi connectivity index (χ3v) is 1.90. The molecule has 0 unspecified atom stereocenters. The van der Waals surface area contributed by atoms with Crippen molar-refractivity contribution in [3.05, 3.63) is 40.9 Å². The van der Waals surface area contributed by atoms with Gasteiger partial charge >= 0.3 is 5.76 Å². The molecule has 2 rings (SSSR count). The van der Waals surface area contributed by atoms with E-state index in [1.165, 1.54) is 0 Å². The standard InChI is InChI=1S/C10H6N2O2/c1-6(5-11)7-2-3-8-9(4-7)14-10(13)12-8/h2-4H,1H2,(H,12,13). The molecule has 0 radical (unpaired) electrons. The van der Waals surface area contributed by atoms with Crippen LogP contribution in [0.3, 0.4) is 0 Å². The van der Waals surface area contributed by atoms with Crippen molar-refractivity contribution in [3.63, 3.8) is 0 Å². The van der Waals surface area contributed by atoms with Crippen molar-refractivity contribution in [2.45, 2.75) is 0 Å². The molecule has 0 aliphatic carbocycles. The summed E-state index contributed by atoms with van der Waals surface area (Å²) in [5.41, 5.74) is 2.05. The third kappa shape index (κ3) is 1.21. The monoisotopic (exact) mass is 186 g/mol. The summed E-state index contributed by atoms with van der Waals surface area (Å²) in [7, 11) is 0. The molecule has 14 heavy (non-hydrogen) atoms. The number of rotatable bonds is 1. The molecule has 0 amide bonds. The van der Waals surface area contributed by atoms with Gasteiger partial charge in [0.1, 0.15) is 0 Å². The molecule has 1 aromatic carbocycles. The van der Waals surface area contributed by atoms with Gasteiger partial charge in [0.2, 0.25) is 0 Å². The Morgan fingerprint density at radius 3 is 3.07 bits per heavy atom. The smallest absolute Gasteiger partial charge is 0.408 e. The average Bonchev–Trinajstić information content (AvgIpc) is 2.55. The Labute approximate surface area is 79.1 Å². The predicted octanol–water partition coefficient (Wildman–Crippen LogP) is 1.66. The van der Waals surface area contributed by atoms with Gasteiger partial charge < -0.3 is 4.42 Å². The zero-order valence-corrected chi connectivity index (χ0v) is 7.20. The number of aromatic nitrogens is 1. The molecule has 0 bridgehead atoms. The van der Waals surface area contributed by atoms with Crippen LogP contribution in [0, 0.1) is 11.3 Å². The van der Waals surface area contributed by atoms with Crippen molar-refractivity contribution < 1.29 is 4.42 Å². The molecule has 1 heterocycles. The van der Waals surface area contributed by atoms with Crippen LogP contribution >= 0.6 is 0 Å². The molecule has 0 saturated carbocycles. The second-order valence-electron chi connectivity index (χ2n) is 2.82. The molecule has 0 aliphatic heterocycles. The van der Waals surface area contributed by atoms with Gasteiger partial charge in [-0.05, 0) is 17.7 Å². The molecule has 4 heteroatoms. The van der Waals surface area contributed by atoms with E-state index >= 15 is 0 Å². The highest BCUT2D eigenvalue weighted by molar-refractivity contribution is 5.82. The van der Waals surface area contributed by atoms with Gasteiger partial charge in [0, 0.05) is 0 Å². The summed E-state index contributed by atoms with van der Waals surface area (Å²) < 4.78 is 4.84. The summed E-state index contributed by atoms with van der Waals surface area (Å²) in [5, 5.41) is 8.62. The van der Waals surface area contributed by atoms with Crippen molar-refractivity contribution in [1.29, 1.82) is 5.26 Å². The van der Waals surface area contributed by atoms with E-state index in [1.54, 1.807) is 18.2 Å². The number of oxazole rings is 1. The van der Waals surface area contributed by atoms with Crippen LogP contribution in [0.15, 0.2) is 34.0 Å². The first kappa shape index (κ1) is 8.32. The van der Waals surface area contributed by atoms with Gasteiger partial charge in [-0.15, -0.1) is 0 Å². The number of benzene rings is 1. The molecule has 2 aromatic rings. The maximum atomic E-state index is 10.8. The normalized spacial score (nSPS) is 9.93. The largest absolute Gasteiger partial charge is 0.417 e. The van der Waals surface area contributed by atoms with Gasteiger partial charge in [-0.25, -0.2) is 4.79 Å². The minimum Gasteiger partial charge on any atom is -0.408 e. The highest BCUT2D eigenvalue weighted by Crippen LogP contribution is 2.17.